The minimum atomic E-state index is 0.289. The van der Waals surface area contributed by atoms with Crippen LogP contribution in [0.25, 0.3) is 0 Å². The molecular formula is C9H9As. The second-order valence-corrected chi connectivity index (χ2v) is 3.67. The topological polar surface area (TPSA) is 0 Å². The fourth-order valence-corrected chi connectivity index (χ4v) is 1.61. The van der Waals surface area contributed by atoms with Crippen molar-refractivity contribution in [3.8, 4) is 0 Å². The first-order valence-electron chi connectivity index (χ1n) is 3.18. The Hall–Kier alpha value is -0.612. The van der Waals surface area contributed by atoms with Gasteiger partial charge in [0, 0.05) is 0 Å². The normalized spacial score (nSPS) is 32.0. The molecule has 0 atom stereocenters. The summed E-state index contributed by atoms with van der Waals surface area (Å²) in [6, 6.07) is 0. The van der Waals surface area contributed by atoms with Crippen LogP contribution in [0, 0.1) is 0 Å². The summed E-state index contributed by atoms with van der Waals surface area (Å²) < 4.78 is 0. The van der Waals surface area contributed by atoms with Gasteiger partial charge in [0.2, 0.25) is 0 Å². The van der Waals surface area contributed by atoms with Crippen LogP contribution in [0.15, 0.2) is 47.4 Å². The maximum atomic E-state index is 2.22. The molecule has 1 aliphatic heterocycles. The van der Waals surface area contributed by atoms with Gasteiger partial charge in [-0.15, -0.1) is 0 Å². The Kier molecular flexibility index (Phi) is 3.89. The molecule has 0 aromatic carbocycles. The molecule has 0 unspecified atom stereocenters. The molecule has 50 valence electrons. The molecule has 0 N–H and O–H groups in total. The zero-order valence-corrected chi connectivity index (χ0v) is 7.52. The molecule has 0 bridgehead atoms. The molecule has 1 aliphatic rings. The summed E-state index contributed by atoms with van der Waals surface area (Å²) in [5.41, 5.74) is 0. The Morgan fingerprint density at radius 3 is 2.00 bits per heavy atom. The average Bonchev–Trinajstić information content (AvgIpc) is 2.01. The third kappa shape index (κ3) is 3.42. The summed E-state index contributed by atoms with van der Waals surface area (Å²) in [6.45, 7) is 0. The first-order valence-corrected chi connectivity index (χ1v) is 5.35. The first-order chi connectivity index (χ1) is 5.00. The molecule has 0 amide bonds. The van der Waals surface area contributed by atoms with Crippen LogP contribution in [0.2, 0.25) is 0 Å². The molecular weight excluding hydrogens is 183 g/mol. The molecule has 0 aromatic rings. The predicted octanol–water partition coefficient (Wildman–Crippen LogP) is 1.69. The second kappa shape index (κ2) is 5.20. The quantitative estimate of drug-likeness (QED) is 0.512. The maximum absolute atomic E-state index is 2.22. The summed E-state index contributed by atoms with van der Waals surface area (Å²) in [7, 11) is 0. The molecule has 0 aromatic heterocycles. The van der Waals surface area contributed by atoms with E-state index in [1.165, 1.54) is 0 Å². The molecule has 1 heterocycles. The van der Waals surface area contributed by atoms with E-state index in [1.54, 1.807) is 0 Å². The summed E-state index contributed by atoms with van der Waals surface area (Å²) in [5, 5.41) is 0. The molecule has 0 nitrogen and oxygen atoms in total. The zero-order chi connectivity index (χ0) is 7.07. The van der Waals surface area contributed by atoms with Gasteiger partial charge < -0.3 is 0 Å². The van der Waals surface area contributed by atoms with Crippen molar-refractivity contribution in [1.82, 2.24) is 0 Å². The van der Waals surface area contributed by atoms with E-state index in [9.17, 15) is 0 Å². The summed E-state index contributed by atoms with van der Waals surface area (Å²) in [6.07, 6.45) is 14.4. The van der Waals surface area contributed by atoms with E-state index in [-0.39, 0.29) is 15.3 Å². The van der Waals surface area contributed by atoms with Crippen molar-refractivity contribution in [2.75, 3.05) is 0 Å². The van der Waals surface area contributed by atoms with E-state index < -0.39 is 0 Å². The molecule has 0 saturated heterocycles. The van der Waals surface area contributed by atoms with Gasteiger partial charge in [0.15, 0.2) is 0 Å². The molecule has 0 aliphatic carbocycles. The van der Waals surface area contributed by atoms with Gasteiger partial charge in [0.05, 0.1) is 0 Å². The van der Waals surface area contributed by atoms with Crippen molar-refractivity contribution in [3.05, 3.63) is 47.4 Å². The Balaban J connectivity index is 2.70. The standard InChI is InChI=1S/C9H9As/c1-2-4-6-8-10-9-7-5-3-1/h1-9H/b2-1-,3-1?,4-2?,5-3-,6-4-,7-5?,8-6?,9-7-. The average molecular weight is 192 g/mol. The fourth-order valence-electron chi connectivity index (χ4n) is 0.569. The van der Waals surface area contributed by atoms with Crippen molar-refractivity contribution in [2.45, 2.75) is 0 Å². The zero-order valence-electron chi connectivity index (χ0n) is 5.64. The van der Waals surface area contributed by atoms with Gasteiger partial charge in [-0.25, -0.2) is 0 Å². The van der Waals surface area contributed by atoms with Gasteiger partial charge >= 0.3 is 67.5 Å². The Morgan fingerprint density at radius 2 is 1.20 bits per heavy atom. The van der Waals surface area contributed by atoms with Crippen LogP contribution in [0.3, 0.4) is 0 Å². The molecule has 0 fully saturated rings. The SMILES string of the molecule is C1=C\C=C/C=[As]/C=C\C=C/1. The monoisotopic (exact) mass is 192 g/mol. The van der Waals surface area contributed by atoms with E-state index >= 15 is 0 Å². The van der Waals surface area contributed by atoms with Crippen LogP contribution in [-0.2, 0) is 0 Å². The fraction of sp³-hybridized carbons (Fsp3) is 0. The van der Waals surface area contributed by atoms with E-state index in [0.29, 0.717) is 0 Å². The van der Waals surface area contributed by atoms with E-state index in [4.69, 9.17) is 0 Å². The summed E-state index contributed by atoms with van der Waals surface area (Å²) in [4.78, 5) is 4.44. The Labute approximate surface area is 67.9 Å². The van der Waals surface area contributed by atoms with Crippen molar-refractivity contribution < 1.29 is 0 Å². The molecule has 0 radical (unpaired) electrons. The molecule has 1 heteroatoms. The molecule has 10 heavy (non-hydrogen) atoms. The van der Waals surface area contributed by atoms with Crippen molar-refractivity contribution in [1.29, 1.82) is 0 Å². The van der Waals surface area contributed by atoms with Crippen molar-refractivity contribution >= 4 is 20.1 Å². The van der Waals surface area contributed by atoms with Crippen molar-refractivity contribution in [3.63, 3.8) is 0 Å². The minimum absolute atomic E-state index is 0.289. The van der Waals surface area contributed by atoms with Gasteiger partial charge in [-0.2, -0.15) is 0 Å². The number of hydrogen-bond acceptors (Lipinski definition) is 0. The van der Waals surface area contributed by atoms with Crippen LogP contribution in [0.1, 0.15) is 0 Å². The first kappa shape index (κ1) is 7.49. The molecule has 0 saturated carbocycles. The van der Waals surface area contributed by atoms with Crippen LogP contribution in [0.5, 0.6) is 0 Å². The van der Waals surface area contributed by atoms with E-state index in [0.717, 1.165) is 0 Å². The Bertz CT molecular complexity index is 139. The third-order valence-electron chi connectivity index (χ3n) is 1.01. The predicted molar refractivity (Wildman–Crippen MR) is 48.4 cm³/mol. The summed E-state index contributed by atoms with van der Waals surface area (Å²) >= 11 is 0.289. The number of rotatable bonds is 0. The number of hydrogen-bond donors (Lipinski definition) is 0. The van der Waals surface area contributed by atoms with Crippen molar-refractivity contribution in [2.24, 2.45) is 0 Å². The van der Waals surface area contributed by atoms with E-state index in [1.807, 2.05) is 18.2 Å². The van der Waals surface area contributed by atoms with Crippen LogP contribution in [0.4, 0.5) is 0 Å². The summed E-state index contributed by atoms with van der Waals surface area (Å²) in [5.74, 6) is 0. The molecule has 0 spiro atoms. The Morgan fingerprint density at radius 1 is 0.600 bits per heavy atom. The van der Waals surface area contributed by atoms with E-state index in [2.05, 4.69) is 34.0 Å². The van der Waals surface area contributed by atoms with Gasteiger partial charge in [0.25, 0.3) is 0 Å². The van der Waals surface area contributed by atoms with Gasteiger partial charge in [0.1, 0.15) is 0 Å². The van der Waals surface area contributed by atoms with Gasteiger partial charge in [-0.3, -0.25) is 0 Å². The van der Waals surface area contributed by atoms with Gasteiger partial charge in [-0.05, 0) is 0 Å². The third-order valence-corrected chi connectivity index (χ3v) is 2.46. The molecule has 1 rings (SSSR count). The van der Waals surface area contributed by atoms with Crippen LogP contribution < -0.4 is 0 Å². The van der Waals surface area contributed by atoms with Gasteiger partial charge in [-0.1, -0.05) is 0 Å². The number of allylic oxidation sites excluding steroid dienone is 7. The van der Waals surface area contributed by atoms with Crippen LogP contribution in [-0.4, -0.2) is 20.1 Å². The second-order valence-electron chi connectivity index (χ2n) is 1.79. The van der Waals surface area contributed by atoms with Crippen LogP contribution >= 0.6 is 0 Å².